The van der Waals surface area contributed by atoms with Gasteiger partial charge in [0.2, 0.25) is 0 Å². The molecule has 2 heterocycles. The summed E-state index contributed by atoms with van der Waals surface area (Å²) in [6, 6.07) is -0.167. The Kier molecular flexibility index (Phi) is 3.32. The van der Waals surface area contributed by atoms with Crippen LogP contribution in [0.5, 0.6) is 0 Å². The SMILES string of the molecule is O=[N+]([O-])c1cnc(N2CCOCC2CO)s1. The minimum Gasteiger partial charge on any atom is -0.394 e. The number of anilines is 1. The molecule has 1 aliphatic rings. The lowest BCUT2D eigenvalue weighted by molar-refractivity contribution is -0.380. The Morgan fingerprint density at radius 2 is 2.62 bits per heavy atom. The van der Waals surface area contributed by atoms with Gasteiger partial charge in [-0.05, 0) is 11.3 Å². The number of ether oxygens (including phenoxy) is 1. The van der Waals surface area contributed by atoms with E-state index in [9.17, 15) is 10.1 Å². The van der Waals surface area contributed by atoms with Gasteiger partial charge in [-0.1, -0.05) is 0 Å². The first-order valence-corrected chi connectivity index (χ1v) is 5.59. The molecule has 1 saturated heterocycles. The zero-order chi connectivity index (χ0) is 11.5. The maximum atomic E-state index is 10.5. The molecular formula is C8H11N3O4S. The summed E-state index contributed by atoms with van der Waals surface area (Å²) in [6.45, 7) is 1.51. The Hall–Kier alpha value is -1.25. The van der Waals surface area contributed by atoms with Gasteiger partial charge >= 0.3 is 5.00 Å². The molecule has 1 aromatic heterocycles. The molecule has 88 valence electrons. The van der Waals surface area contributed by atoms with E-state index in [1.54, 1.807) is 0 Å². The Morgan fingerprint density at radius 1 is 1.81 bits per heavy atom. The topological polar surface area (TPSA) is 88.7 Å². The lowest BCUT2D eigenvalue weighted by Crippen LogP contribution is -2.47. The van der Waals surface area contributed by atoms with Crippen molar-refractivity contribution >= 4 is 21.5 Å². The molecule has 0 spiro atoms. The molecule has 1 N–H and O–H groups in total. The van der Waals surface area contributed by atoms with Crippen molar-refractivity contribution in [1.82, 2.24) is 4.98 Å². The molecule has 0 amide bonds. The van der Waals surface area contributed by atoms with Crippen LogP contribution in [0.2, 0.25) is 0 Å². The molecule has 8 heteroatoms. The van der Waals surface area contributed by atoms with Crippen molar-refractivity contribution in [2.24, 2.45) is 0 Å². The highest BCUT2D eigenvalue weighted by Crippen LogP contribution is 2.30. The third kappa shape index (κ3) is 2.13. The third-order valence-corrected chi connectivity index (χ3v) is 3.33. The van der Waals surface area contributed by atoms with Gasteiger partial charge in [-0.3, -0.25) is 10.1 Å². The average molecular weight is 245 g/mol. The van der Waals surface area contributed by atoms with Gasteiger partial charge in [-0.25, -0.2) is 4.98 Å². The first kappa shape index (κ1) is 11.2. The van der Waals surface area contributed by atoms with Gasteiger partial charge in [-0.15, -0.1) is 0 Å². The van der Waals surface area contributed by atoms with E-state index in [1.165, 1.54) is 6.20 Å². The van der Waals surface area contributed by atoms with E-state index in [0.29, 0.717) is 24.9 Å². The predicted octanol–water partition coefficient (Wildman–Crippen LogP) is 0.249. The summed E-state index contributed by atoms with van der Waals surface area (Å²) in [5, 5.41) is 20.3. The van der Waals surface area contributed by atoms with Crippen molar-refractivity contribution in [3.63, 3.8) is 0 Å². The zero-order valence-electron chi connectivity index (χ0n) is 8.40. The zero-order valence-corrected chi connectivity index (χ0v) is 9.22. The predicted molar refractivity (Wildman–Crippen MR) is 57.8 cm³/mol. The van der Waals surface area contributed by atoms with E-state index in [-0.39, 0.29) is 17.6 Å². The van der Waals surface area contributed by atoms with Crippen molar-refractivity contribution in [3.8, 4) is 0 Å². The molecule has 7 nitrogen and oxygen atoms in total. The Morgan fingerprint density at radius 3 is 3.25 bits per heavy atom. The Bertz CT molecular complexity index is 383. The molecule has 1 fully saturated rings. The summed E-state index contributed by atoms with van der Waals surface area (Å²) < 4.78 is 5.22. The molecule has 0 aliphatic carbocycles. The number of thiazole rings is 1. The third-order valence-electron chi connectivity index (χ3n) is 2.35. The molecule has 1 aromatic rings. The minimum atomic E-state index is -0.463. The van der Waals surface area contributed by atoms with Crippen molar-refractivity contribution in [3.05, 3.63) is 16.3 Å². The fourth-order valence-corrected chi connectivity index (χ4v) is 2.36. The normalized spacial score (nSPS) is 21.1. The number of aromatic nitrogens is 1. The van der Waals surface area contributed by atoms with Crippen LogP contribution < -0.4 is 4.90 Å². The van der Waals surface area contributed by atoms with Gasteiger partial charge in [0.15, 0.2) is 5.13 Å². The average Bonchev–Trinajstić information content (AvgIpc) is 2.78. The van der Waals surface area contributed by atoms with Crippen LogP contribution >= 0.6 is 11.3 Å². The highest BCUT2D eigenvalue weighted by atomic mass is 32.1. The second-order valence-electron chi connectivity index (χ2n) is 3.34. The number of aliphatic hydroxyl groups is 1. The molecule has 0 bridgehead atoms. The van der Waals surface area contributed by atoms with Crippen LogP contribution in [0.3, 0.4) is 0 Å². The quantitative estimate of drug-likeness (QED) is 0.606. The molecule has 0 saturated carbocycles. The fourth-order valence-electron chi connectivity index (χ4n) is 1.53. The molecule has 0 radical (unpaired) electrons. The lowest BCUT2D eigenvalue weighted by atomic mass is 10.2. The van der Waals surface area contributed by atoms with E-state index in [1.807, 2.05) is 4.90 Å². The highest BCUT2D eigenvalue weighted by molar-refractivity contribution is 7.18. The van der Waals surface area contributed by atoms with Gasteiger partial charge in [-0.2, -0.15) is 0 Å². The van der Waals surface area contributed by atoms with Crippen LogP contribution in [-0.2, 0) is 4.74 Å². The first-order chi connectivity index (χ1) is 7.72. The van der Waals surface area contributed by atoms with Crippen molar-refractivity contribution in [1.29, 1.82) is 0 Å². The van der Waals surface area contributed by atoms with Gasteiger partial charge in [0.1, 0.15) is 6.20 Å². The largest absolute Gasteiger partial charge is 0.394 e. The number of nitrogens with zero attached hydrogens (tertiary/aromatic N) is 3. The first-order valence-electron chi connectivity index (χ1n) is 4.78. The minimum absolute atomic E-state index is 0.0122. The van der Waals surface area contributed by atoms with E-state index in [4.69, 9.17) is 9.84 Å². The van der Waals surface area contributed by atoms with E-state index < -0.39 is 4.92 Å². The summed E-state index contributed by atoms with van der Waals surface area (Å²) in [5.41, 5.74) is 0. The highest BCUT2D eigenvalue weighted by Gasteiger charge is 2.26. The number of nitro groups is 1. The molecule has 1 aliphatic heterocycles. The molecule has 16 heavy (non-hydrogen) atoms. The van der Waals surface area contributed by atoms with Crippen LogP contribution in [0, 0.1) is 10.1 Å². The number of hydrogen-bond donors (Lipinski definition) is 1. The van der Waals surface area contributed by atoms with Gasteiger partial charge in [0.05, 0.1) is 30.8 Å². The molecule has 0 aromatic carbocycles. The summed E-state index contributed by atoms with van der Waals surface area (Å²) in [5.74, 6) is 0. The van der Waals surface area contributed by atoms with Crippen molar-refractivity contribution in [2.75, 3.05) is 31.3 Å². The van der Waals surface area contributed by atoms with Crippen LogP contribution in [0.1, 0.15) is 0 Å². The summed E-state index contributed by atoms with van der Waals surface area (Å²) in [4.78, 5) is 15.9. The van der Waals surface area contributed by atoms with Crippen molar-refractivity contribution < 1.29 is 14.8 Å². The molecule has 2 rings (SSSR count). The van der Waals surface area contributed by atoms with Crippen LogP contribution in [0.15, 0.2) is 6.20 Å². The molecule has 1 unspecified atom stereocenters. The number of hydrogen-bond acceptors (Lipinski definition) is 7. The van der Waals surface area contributed by atoms with Gasteiger partial charge < -0.3 is 14.7 Å². The number of aliphatic hydroxyl groups excluding tert-OH is 1. The number of rotatable bonds is 3. The molecule has 1 atom stereocenters. The standard InChI is InChI=1S/C8H11N3O4S/c12-4-6-5-15-2-1-10(6)8-9-3-7(16-8)11(13)14/h3,6,12H,1-2,4-5H2. The Labute approximate surface area is 95.4 Å². The number of morpholine rings is 1. The Balaban J connectivity index is 2.17. The van der Waals surface area contributed by atoms with Crippen LogP contribution in [-0.4, -0.2) is 47.4 Å². The fraction of sp³-hybridized carbons (Fsp3) is 0.625. The molecular weight excluding hydrogens is 234 g/mol. The van der Waals surface area contributed by atoms with E-state index in [2.05, 4.69) is 4.98 Å². The summed E-state index contributed by atoms with van der Waals surface area (Å²) >= 11 is 1.02. The van der Waals surface area contributed by atoms with Crippen LogP contribution in [0.25, 0.3) is 0 Å². The second-order valence-corrected chi connectivity index (χ2v) is 4.33. The van der Waals surface area contributed by atoms with Crippen molar-refractivity contribution in [2.45, 2.75) is 6.04 Å². The lowest BCUT2D eigenvalue weighted by Gasteiger charge is -2.33. The monoisotopic (exact) mass is 245 g/mol. The van der Waals surface area contributed by atoms with E-state index >= 15 is 0 Å². The van der Waals surface area contributed by atoms with Gasteiger partial charge in [0.25, 0.3) is 0 Å². The maximum Gasteiger partial charge on any atom is 0.345 e. The van der Waals surface area contributed by atoms with Crippen LogP contribution in [0.4, 0.5) is 10.1 Å². The maximum absolute atomic E-state index is 10.5. The summed E-state index contributed by atoms with van der Waals surface area (Å²) in [6.07, 6.45) is 1.24. The second kappa shape index (κ2) is 4.73. The summed E-state index contributed by atoms with van der Waals surface area (Å²) in [7, 11) is 0. The van der Waals surface area contributed by atoms with E-state index in [0.717, 1.165) is 11.3 Å². The smallest absolute Gasteiger partial charge is 0.345 e. The van der Waals surface area contributed by atoms with Gasteiger partial charge in [0, 0.05) is 6.54 Å².